The van der Waals surface area contributed by atoms with Crippen LogP contribution in [0.3, 0.4) is 0 Å². The molecule has 0 heterocycles. The summed E-state index contributed by atoms with van der Waals surface area (Å²) in [5, 5.41) is 11.6. The third-order valence-electron chi connectivity index (χ3n) is 1.88. The maximum absolute atomic E-state index is 8.64. The van der Waals surface area contributed by atoms with E-state index in [1.165, 1.54) is 7.62 Å². The van der Waals surface area contributed by atoms with Crippen LogP contribution in [0.4, 0.5) is 0 Å². The van der Waals surface area contributed by atoms with Crippen molar-refractivity contribution in [2.24, 2.45) is 0 Å². The summed E-state index contributed by atoms with van der Waals surface area (Å²) in [5.41, 5.74) is 0. The smallest absolute Gasteiger partial charge is 0.395 e. The summed E-state index contributed by atoms with van der Waals surface area (Å²) >= 11 is 0. The fourth-order valence-electron chi connectivity index (χ4n) is 1.19. The van der Waals surface area contributed by atoms with E-state index in [0.29, 0.717) is 18.9 Å². The first-order valence-corrected chi connectivity index (χ1v) is 5.41. The average Bonchev–Trinajstić information content (AvgIpc) is 2.37. The summed E-state index contributed by atoms with van der Waals surface area (Å²) in [6.07, 6.45) is 0. The number of aliphatic hydroxyl groups is 1. The fourth-order valence-corrected chi connectivity index (χ4v) is 1.19. The van der Waals surface area contributed by atoms with Crippen molar-refractivity contribution in [2.45, 2.75) is 0 Å². The van der Waals surface area contributed by atoms with Gasteiger partial charge in [-0.15, -0.1) is 0 Å². The molecule has 0 aliphatic heterocycles. The maximum Gasteiger partial charge on any atom is 0.395 e. The summed E-state index contributed by atoms with van der Waals surface area (Å²) in [7, 11) is 3.08. The van der Waals surface area contributed by atoms with Gasteiger partial charge < -0.3 is 24.5 Å². The lowest BCUT2D eigenvalue weighted by Crippen LogP contribution is -2.26. The van der Waals surface area contributed by atoms with Gasteiger partial charge in [-0.2, -0.15) is 0 Å². The van der Waals surface area contributed by atoms with E-state index >= 15 is 0 Å². The molecule has 93 valence electrons. The van der Waals surface area contributed by atoms with Crippen LogP contribution in [0.2, 0.25) is 0 Å². The molecule has 0 amide bonds. The van der Waals surface area contributed by atoms with Crippen LogP contribution < -0.4 is 14.7 Å². The SMILES string of the molecule is CO[B]NCCOc1cccc(OCCO)c1. The summed E-state index contributed by atoms with van der Waals surface area (Å²) in [6, 6.07) is 7.30. The monoisotopic (exact) mass is 238 g/mol. The van der Waals surface area contributed by atoms with Crippen molar-refractivity contribution >= 4 is 7.62 Å². The summed E-state index contributed by atoms with van der Waals surface area (Å²) in [4.78, 5) is 0. The van der Waals surface area contributed by atoms with Gasteiger partial charge in [0.25, 0.3) is 0 Å². The van der Waals surface area contributed by atoms with Crippen molar-refractivity contribution in [1.29, 1.82) is 0 Å². The minimum Gasteiger partial charge on any atom is -0.492 e. The molecule has 1 rings (SSSR count). The largest absolute Gasteiger partial charge is 0.492 e. The van der Waals surface area contributed by atoms with Crippen LogP contribution in [0.25, 0.3) is 0 Å². The van der Waals surface area contributed by atoms with Crippen molar-refractivity contribution in [3.8, 4) is 11.5 Å². The highest BCUT2D eigenvalue weighted by atomic mass is 16.5. The quantitative estimate of drug-likeness (QED) is 0.475. The molecule has 1 aromatic carbocycles. The Balaban J connectivity index is 2.27. The number of rotatable bonds is 9. The molecule has 1 aromatic rings. The Morgan fingerprint density at radius 2 is 1.94 bits per heavy atom. The molecule has 0 aliphatic rings. The first kappa shape index (κ1) is 13.8. The van der Waals surface area contributed by atoms with E-state index < -0.39 is 0 Å². The topological polar surface area (TPSA) is 60.0 Å². The second-order valence-corrected chi connectivity index (χ2v) is 3.20. The Bertz CT molecular complexity index is 311. The van der Waals surface area contributed by atoms with Crippen molar-refractivity contribution in [2.75, 3.05) is 33.5 Å². The number of ether oxygens (including phenoxy) is 2. The molecule has 5 nitrogen and oxygen atoms in total. The minimum absolute atomic E-state index is 0.00184. The van der Waals surface area contributed by atoms with Gasteiger partial charge in [0.1, 0.15) is 18.1 Å². The average molecular weight is 238 g/mol. The van der Waals surface area contributed by atoms with Gasteiger partial charge >= 0.3 is 7.62 Å². The van der Waals surface area contributed by atoms with Crippen molar-refractivity contribution in [1.82, 2.24) is 5.23 Å². The molecule has 0 atom stereocenters. The van der Waals surface area contributed by atoms with E-state index in [4.69, 9.17) is 19.2 Å². The zero-order valence-electron chi connectivity index (χ0n) is 9.89. The molecule has 0 aromatic heterocycles. The van der Waals surface area contributed by atoms with Gasteiger partial charge in [0.15, 0.2) is 0 Å². The summed E-state index contributed by atoms with van der Waals surface area (Å²) in [5.74, 6) is 1.42. The lowest BCUT2D eigenvalue weighted by molar-refractivity contribution is 0.200. The number of aliphatic hydroxyl groups excluding tert-OH is 1. The van der Waals surface area contributed by atoms with E-state index in [9.17, 15) is 0 Å². The first-order valence-electron chi connectivity index (χ1n) is 5.41. The van der Waals surface area contributed by atoms with Crippen molar-refractivity contribution in [3.63, 3.8) is 0 Å². The number of hydrogen-bond acceptors (Lipinski definition) is 5. The molecule has 0 saturated heterocycles. The van der Waals surface area contributed by atoms with E-state index in [2.05, 4.69) is 5.23 Å². The zero-order chi connectivity index (χ0) is 12.3. The molecule has 0 spiro atoms. The van der Waals surface area contributed by atoms with Crippen LogP contribution in [0.15, 0.2) is 24.3 Å². The molecular formula is C11H17BNO4. The summed E-state index contributed by atoms with van der Waals surface area (Å²) in [6.45, 7) is 1.48. The molecule has 0 aliphatic carbocycles. The zero-order valence-corrected chi connectivity index (χ0v) is 9.89. The van der Waals surface area contributed by atoms with E-state index in [1.807, 2.05) is 18.2 Å². The predicted molar refractivity (Wildman–Crippen MR) is 65.3 cm³/mol. The molecule has 2 N–H and O–H groups in total. The molecule has 0 unspecified atom stereocenters. The van der Waals surface area contributed by atoms with Gasteiger partial charge in [0, 0.05) is 19.7 Å². The molecular weight excluding hydrogens is 221 g/mol. The van der Waals surface area contributed by atoms with E-state index in [0.717, 1.165) is 5.75 Å². The second-order valence-electron chi connectivity index (χ2n) is 3.20. The third-order valence-corrected chi connectivity index (χ3v) is 1.88. The van der Waals surface area contributed by atoms with Gasteiger partial charge in [-0.3, -0.25) is 0 Å². The maximum atomic E-state index is 8.64. The van der Waals surface area contributed by atoms with Crippen LogP contribution in [0, 0.1) is 0 Å². The first-order chi connectivity index (χ1) is 8.36. The van der Waals surface area contributed by atoms with Gasteiger partial charge in [0.05, 0.1) is 13.2 Å². The molecule has 1 radical (unpaired) electrons. The van der Waals surface area contributed by atoms with Gasteiger partial charge in [-0.25, -0.2) is 0 Å². The van der Waals surface area contributed by atoms with Crippen LogP contribution >= 0.6 is 0 Å². The van der Waals surface area contributed by atoms with Gasteiger partial charge in [-0.1, -0.05) is 6.07 Å². The van der Waals surface area contributed by atoms with Crippen molar-refractivity contribution in [3.05, 3.63) is 24.3 Å². The highest BCUT2D eigenvalue weighted by molar-refractivity contribution is 6.23. The Kier molecular flexibility index (Phi) is 7.21. The minimum atomic E-state index is 0.00184. The Morgan fingerprint density at radius 3 is 2.59 bits per heavy atom. The highest BCUT2D eigenvalue weighted by Crippen LogP contribution is 2.18. The number of nitrogens with one attached hydrogen (secondary N) is 1. The Hall–Kier alpha value is -1.24. The third kappa shape index (κ3) is 6.16. The lowest BCUT2D eigenvalue weighted by Gasteiger charge is -2.09. The van der Waals surface area contributed by atoms with Crippen molar-refractivity contribution < 1.29 is 19.2 Å². The van der Waals surface area contributed by atoms with Gasteiger partial charge in [0.2, 0.25) is 0 Å². The molecule has 0 fully saturated rings. The molecule has 6 heteroatoms. The van der Waals surface area contributed by atoms with Crippen LogP contribution in [-0.2, 0) is 4.65 Å². The fraction of sp³-hybridized carbons (Fsp3) is 0.455. The van der Waals surface area contributed by atoms with Gasteiger partial charge in [-0.05, 0) is 12.1 Å². The number of hydrogen-bond donors (Lipinski definition) is 2. The summed E-state index contributed by atoms with van der Waals surface area (Å²) < 4.78 is 15.5. The molecule has 0 bridgehead atoms. The lowest BCUT2D eigenvalue weighted by atomic mass is 10.3. The molecule has 0 saturated carbocycles. The predicted octanol–water partition coefficient (Wildman–Crippen LogP) is 0.207. The second kappa shape index (κ2) is 8.86. The normalized spacial score (nSPS) is 10.0. The van der Waals surface area contributed by atoms with Crippen LogP contribution in [0.1, 0.15) is 0 Å². The van der Waals surface area contributed by atoms with E-state index in [-0.39, 0.29) is 13.2 Å². The standard InChI is InChI=1S/C11H17BNO4/c1-15-12-13-5-7-16-10-3-2-4-11(9-10)17-8-6-14/h2-4,9,13-14H,5-8H2,1H3. The Labute approximate surface area is 102 Å². The highest BCUT2D eigenvalue weighted by Gasteiger charge is 1.98. The molecule has 17 heavy (non-hydrogen) atoms. The van der Waals surface area contributed by atoms with Crippen LogP contribution in [-0.4, -0.2) is 46.2 Å². The Morgan fingerprint density at radius 1 is 1.24 bits per heavy atom. The number of benzene rings is 1. The van der Waals surface area contributed by atoms with Crippen LogP contribution in [0.5, 0.6) is 11.5 Å². The van der Waals surface area contributed by atoms with E-state index in [1.54, 1.807) is 13.2 Å².